The Labute approximate surface area is 178 Å². The van der Waals surface area contributed by atoms with Crippen LogP contribution in [0.15, 0.2) is 48.0 Å². The van der Waals surface area contributed by atoms with Crippen LogP contribution in [0.2, 0.25) is 0 Å². The quantitative estimate of drug-likeness (QED) is 0.235. The predicted octanol–water partition coefficient (Wildman–Crippen LogP) is 3.44. The second-order valence-electron chi connectivity index (χ2n) is 6.64. The van der Waals surface area contributed by atoms with Gasteiger partial charge in [0.15, 0.2) is 5.96 Å². The number of aliphatic imine (C=N–C) groups is 1. The van der Waals surface area contributed by atoms with Gasteiger partial charge in [0.2, 0.25) is 0 Å². The predicted molar refractivity (Wildman–Crippen MR) is 120 cm³/mol. The fourth-order valence-electron chi connectivity index (χ4n) is 2.66. The summed E-state index contributed by atoms with van der Waals surface area (Å²) >= 11 is 0. The van der Waals surface area contributed by atoms with Crippen molar-refractivity contribution < 1.29 is 4.74 Å². The lowest BCUT2D eigenvalue weighted by Gasteiger charge is -2.13. The van der Waals surface area contributed by atoms with Crippen molar-refractivity contribution in [1.82, 2.24) is 20.2 Å². The van der Waals surface area contributed by atoms with Crippen LogP contribution in [0.1, 0.15) is 31.7 Å². The monoisotopic (exact) mass is 483 g/mol. The van der Waals surface area contributed by atoms with Crippen molar-refractivity contribution in [2.24, 2.45) is 10.9 Å². The van der Waals surface area contributed by atoms with E-state index in [0.717, 1.165) is 55.9 Å². The van der Waals surface area contributed by atoms with Crippen molar-refractivity contribution >= 4 is 29.9 Å². The van der Waals surface area contributed by atoms with E-state index in [0.29, 0.717) is 6.54 Å². The maximum absolute atomic E-state index is 5.97. The number of guanidine groups is 1. The van der Waals surface area contributed by atoms with E-state index in [1.54, 1.807) is 0 Å². The molecule has 6 nitrogen and oxygen atoms in total. The van der Waals surface area contributed by atoms with Gasteiger partial charge in [-0.1, -0.05) is 18.2 Å². The highest BCUT2D eigenvalue weighted by atomic mass is 127. The van der Waals surface area contributed by atoms with E-state index in [9.17, 15) is 0 Å². The Morgan fingerprint density at radius 2 is 2.15 bits per heavy atom. The second-order valence-corrected chi connectivity index (χ2v) is 6.64. The summed E-state index contributed by atoms with van der Waals surface area (Å²) < 4.78 is 8.06. The summed E-state index contributed by atoms with van der Waals surface area (Å²) in [5.41, 5.74) is 1.13. The minimum absolute atomic E-state index is 0. The lowest BCUT2D eigenvalue weighted by molar-refractivity contribution is 0.297. The average molecular weight is 483 g/mol. The van der Waals surface area contributed by atoms with E-state index in [1.165, 1.54) is 12.8 Å². The molecule has 1 saturated carbocycles. The van der Waals surface area contributed by atoms with E-state index >= 15 is 0 Å². The van der Waals surface area contributed by atoms with Crippen LogP contribution >= 0.6 is 24.0 Å². The third-order valence-electron chi connectivity index (χ3n) is 4.34. The summed E-state index contributed by atoms with van der Waals surface area (Å²) in [6, 6.07) is 8.20. The topological polar surface area (TPSA) is 63.5 Å². The van der Waals surface area contributed by atoms with Gasteiger partial charge in [-0.2, -0.15) is 0 Å². The molecule has 0 unspecified atom stereocenters. The molecule has 0 aliphatic heterocycles. The fraction of sp³-hybridized carbons (Fsp3) is 0.500. The molecular weight excluding hydrogens is 453 g/mol. The number of para-hydroxylation sites is 1. The maximum Gasteiger partial charge on any atom is 0.191 e. The minimum Gasteiger partial charge on any atom is -0.493 e. The summed E-state index contributed by atoms with van der Waals surface area (Å²) in [5.74, 6) is 2.55. The standard InChI is InChI=1S/C20H29N5O.HI/c1-2-22-20(23-10-5-12-25-13-11-21-16-25)24-14-18-6-3-4-7-19(18)26-15-17-8-9-17;/h3-4,6-7,11,13,16-17H,2,5,8-10,12,14-15H2,1H3,(H2,22,23,24);1H. The largest absolute Gasteiger partial charge is 0.493 e. The summed E-state index contributed by atoms with van der Waals surface area (Å²) in [6.07, 6.45) is 9.25. The number of nitrogens with zero attached hydrogens (tertiary/aromatic N) is 3. The number of rotatable bonds is 10. The Hall–Kier alpha value is -1.77. The molecule has 27 heavy (non-hydrogen) atoms. The van der Waals surface area contributed by atoms with E-state index in [1.807, 2.05) is 36.9 Å². The highest BCUT2D eigenvalue weighted by Crippen LogP contribution is 2.30. The van der Waals surface area contributed by atoms with Crippen molar-refractivity contribution in [2.45, 2.75) is 39.3 Å². The molecule has 1 heterocycles. The van der Waals surface area contributed by atoms with E-state index in [2.05, 4.69) is 33.2 Å². The molecule has 0 bridgehead atoms. The van der Waals surface area contributed by atoms with Crippen LogP contribution in [0.3, 0.4) is 0 Å². The molecule has 1 aliphatic carbocycles. The maximum atomic E-state index is 5.97. The first-order chi connectivity index (χ1) is 12.8. The first-order valence-electron chi connectivity index (χ1n) is 9.53. The third kappa shape index (κ3) is 7.78. The molecule has 0 atom stereocenters. The van der Waals surface area contributed by atoms with Crippen molar-refractivity contribution in [3.05, 3.63) is 48.5 Å². The van der Waals surface area contributed by atoms with Gasteiger partial charge in [0.25, 0.3) is 0 Å². The summed E-state index contributed by atoms with van der Waals surface area (Å²) in [6.45, 7) is 6.17. The number of imidazole rings is 1. The van der Waals surface area contributed by atoms with Crippen LogP contribution in [0.25, 0.3) is 0 Å². The molecule has 148 valence electrons. The Morgan fingerprint density at radius 1 is 1.30 bits per heavy atom. The zero-order valence-corrected chi connectivity index (χ0v) is 18.3. The lowest BCUT2D eigenvalue weighted by Crippen LogP contribution is -2.38. The summed E-state index contributed by atoms with van der Waals surface area (Å²) in [5, 5.41) is 6.70. The van der Waals surface area contributed by atoms with E-state index < -0.39 is 0 Å². The molecule has 7 heteroatoms. The van der Waals surface area contributed by atoms with E-state index in [4.69, 9.17) is 9.73 Å². The van der Waals surface area contributed by atoms with Gasteiger partial charge in [0, 0.05) is 37.6 Å². The number of nitrogens with one attached hydrogen (secondary N) is 2. The molecule has 1 aliphatic rings. The number of halogens is 1. The average Bonchev–Trinajstić information content (AvgIpc) is 3.35. The highest BCUT2D eigenvalue weighted by Gasteiger charge is 2.22. The lowest BCUT2D eigenvalue weighted by atomic mass is 10.2. The fourth-order valence-corrected chi connectivity index (χ4v) is 2.66. The summed E-state index contributed by atoms with van der Waals surface area (Å²) in [4.78, 5) is 8.78. The SMILES string of the molecule is CCNC(=NCc1ccccc1OCC1CC1)NCCCn1ccnc1.I. The van der Waals surface area contributed by atoms with E-state index in [-0.39, 0.29) is 24.0 Å². The smallest absolute Gasteiger partial charge is 0.191 e. The molecular formula is C20H30IN5O. The zero-order valence-electron chi connectivity index (χ0n) is 15.9. The first-order valence-corrected chi connectivity index (χ1v) is 9.53. The first kappa shape index (κ1) is 21.5. The Morgan fingerprint density at radius 3 is 2.89 bits per heavy atom. The number of benzene rings is 1. The number of aryl methyl sites for hydroxylation is 1. The number of hydrogen-bond acceptors (Lipinski definition) is 3. The van der Waals surface area contributed by atoms with Crippen LogP contribution in [0.5, 0.6) is 5.75 Å². The van der Waals surface area contributed by atoms with Crippen molar-refractivity contribution in [3.8, 4) is 5.75 Å². The normalized spacial score (nSPS) is 13.7. The van der Waals surface area contributed by atoms with Crippen LogP contribution < -0.4 is 15.4 Å². The summed E-state index contributed by atoms with van der Waals surface area (Å²) in [7, 11) is 0. The molecule has 0 spiro atoms. The molecule has 0 amide bonds. The third-order valence-corrected chi connectivity index (χ3v) is 4.34. The van der Waals surface area contributed by atoms with Gasteiger partial charge in [-0.3, -0.25) is 0 Å². The molecule has 3 rings (SSSR count). The van der Waals surface area contributed by atoms with Crippen molar-refractivity contribution in [2.75, 3.05) is 19.7 Å². The van der Waals surface area contributed by atoms with Crippen LogP contribution in [-0.2, 0) is 13.1 Å². The zero-order chi connectivity index (χ0) is 18.0. The molecule has 1 aromatic carbocycles. The number of aromatic nitrogens is 2. The van der Waals surface area contributed by atoms with Gasteiger partial charge in [0.1, 0.15) is 5.75 Å². The van der Waals surface area contributed by atoms with Gasteiger partial charge in [-0.05, 0) is 38.2 Å². The van der Waals surface area contributed by atoms with Gasteiger partial charge in [-0.25, -0.2) is 9.98 Å². The van der Waals surface area contributed by atoms with Crippen LogP contribution in [0, 0.1) is 5.92 Å². The van der Waals surface area contributed by atoms with Gasteiger partial charge < -0.3 is 19.9 Å². The van der Waals surface area contributed by atoms with Gasteiger partial charge in [0.05, 0.1) is 19.5 Å². The molecule has 0 radical (unpaired) electrons. The van der Waals surface area contributed by atoms with Crippen molar-refractivity contribution in [3.63, 3.8) is 0 Å². The Kier molecular flexibility index (Phi) is 9.44. The molecule has 1 aromatic heterocycles. The molecule has 1 fully saturated rings. The number of ether oxygens (including phenoxy) is 1. The van der Waals surface area contributed by atoms with Gasteiger partial charge >= 0.3 is 0 Å². The molecule has 2 N–H and O–H groups in total. The van der Waals surface area contributed by atoms with Crippen LogP contribution in [0.4, 0.5) is 0 Å². The Balaban J connectivity index is 0.00000261. The van der Waals surface area contributed by atoms with Gasteiger partial charge in [-0.15, -0.1) is 24.0 Å². The number of hydrogen-bond donors (Lipinski definition) is 2. The second kappa shape index (κ2) is 11.8. The molecule has 0 saturated heterocycles. The minimum atomic E-state index is 0. The Bertz CT molecular complexity index is 685. The molecule has 2 aromatic rings. The highest BCUT2D eigenvalue weighted by molar-refractivity contribution is 14.0. The van der Waals surface area contributed by atoms with Crippen molar-refractivity contribution in [1.29, 1.82) is 0 Å². The van der Waals surface area contributed by atoms with Crippen LogP contribution in [-0.4, -0.2) is 35.2 Å².